The molecule has 0 bridgehead atoms. The van der Waals surface area contributed by atoms with E-state index in [2.05, 4.69) is 31.2 Å². The Bertz CT molecular complexity index is 744. The molecule has 2 heterocycles. The van der Waals surface area contributed by atoms with Gasteiger partial charge in [0.2, 0.25) is 10.0 Å². The van der Waals surface area contributed by atoms with E-state index in [9.17, 15) is 8.42 Å². The lowest BCUT2D eigenvalue weighted by Crippen LogP contribution is -2.28. The van der Waals surface area contributed by atoms with Crippen molar-refractivity contribution in [3.05, 3.63) is 35.0 Å². The summed E-state index contributed by atoms with van der Waals surface area (Å²) < 4.78 is 29.0. The predicted octanol–water partition coefficient (Wildman–Crippen LogP) is 1.44. The average Bonchev–Trinajstić information content (AvgIpc) is 2.84. The van der Waals surface area contributed by atoms with Gasteiger partial charge >= 0.3 is 0 Å². The summed E-state index contributed by atoms with van der Waals surface area (Å²) in [5.41, 5.74) is 0. The third-order valence-corrected chi connectivity index (χ3v) is 5.28. The molecule has 0 aliphatic carbocycles. The molecule has 21 heavy (non-hydrogen) atoms. The van der Waals surface area contributed by atoms with Crippen LogP contribution in [0.15, 0.2) is 34.0 Å². The smallest absolute Gasteiger partial charge is 0.246 e. The highest BCUT2D eigenvalue weighted by atomic mass is 79.9. The van der Waals surface area contributed by atoms with Gasteiger partial charge in [0, 0.05) is 44.2 Å². The summed E-state index contributed by atoms with van der Waals surface area (Å²) in [4.78, 5) is 8.34. The van der Waals surface area contributed by atoms with Gasteiger partial charge in [-0.15, -0.1) is 0 Å². The lowest BCUT2D eigenvalue weighted by atomic mass is 10.4. The summed E-state index contributed by atoms with van der Waals surface area (Å²) in [6, 6.07) is 1.53. The fourth-order valence-corrected chi connectivity index (χ4v) is 3.58. The summed E-state index contributed by atoms with van der Waals surface area (Å²) in [7, 11) is 1.30. The van der Waals surface area contributed by atoms with E-state index in [0.29, 0.717) is 16.1 Å². The first-order valence-corrected chi connectivity index (χ1v) is 8.35. The van der Waals surface area contributed by atoms with Crippen molar-refractivity contribution in [2.45, 2.75) is 11.4 Å². The number of hydrogen-bond donors (Lipinski definition) is 1. The van der Waals surface area contributed by atoms with Crippen LogP contribution in [0.2, 0.25) is 0 Å². The van der Waals surface area contributed by atoms with Crippen LogP contribution >= 0.6 is 15.9 Å². The first-order valence-electron chi connectivity index (χ1n) is 6.12. The van der Waals surface area contributed by atoms with Crippen molar-refractivity contribution >= 4 is 31.8 Å². The van der Waals surface area contributed by atoms with Gasteiger partial charge in [-0.25, -0.2) is 18.4 Å². The number of pyridine rings is 1. The Hall–Kier alpha value is -1.45. The van der Waals surface area contributed by atoms with Gasteiger partial charge in [0.1, 0.15) is 16.5 Å². The van der Waals surface area contributed by atoms with Gasteiger partial charge in [0.15, 0.2) is 0 Å². The highest BCUT2D eigenvalue weighted by molar-refractivity contribution is 9.10. The summed E-state index contributed by atoms with van der Waals surface area (Å²) in [5, 5.41) is 2.80. The molecule has 0 saturated heterocycles. The summed E-state index contributed by atoms with van der Waals surface area (Å²) in [5.74, 6) is 0.972. The topological polar surface area (TPSA) is 80.1 Å². The molecule has 0 amide bonds. The number of halogens is 1. The van der Waals surface area contributed by atoms with Crippen molar-refractivity contribution in [2.75, 3.05) is 19.4 Å². The van der Waals surface area contributed by atoms with Gasteiger partial charge in [-0.3, -0.25) is 0 Å². The Kier molecular flexibility index (Phi) is 4.64. The van der Waals surface area contributed by atoms with Crippen LogP contribution in [-0.2, 0) is 23.6 Å². The molecule has 0 atom stereocenters. The van der Waals surface area contributed by atoms with Gasteiger partial charge in [0.25, 0.3) is 0 Å². The molecule has 0 aromatic carbocycles. The fraction of sp³-hybridized carbons (Fsp3) is 0.333. The Morgan fingerprint density at radius 2 is 2.14 bits per heavy atom. The van der Waals surface area contributed by atoms with Crippen LogP contribution in [0.4, 0.5) is 5.82 Å². The molecule has 0 aliphatic rings. The first-order chi connectivity index (χ1) is 9.86. The molecule has 9 heteroatoms. The van der Waals surface area contributed by atoms with Crippen LogP contribution in [0.1, 0.15) is 5.82 Å². The van der Waals surface area contributed by atoms with Crippen LogP contribution in [-0.4, -0.2) is 41.4 Å². The second-order valence-corrected chi connectivity index (χ2v) is 7.39. The average molecular weight is 374 g/mol. The standard InChI is InChI=1S/C12H16BrN5O2S/c1-14-12-10(6-9(13)7-16-12)21(19,20)18(3)8-11-15-4-5-17(11)2/h4-7H,8H2,1-3H3,(H,14,16). The molecule has 2 rings (SSSR count). The number of aromatic nitrogens is 3. The minimum Gasteiger partial charge on any atom is -0.372 e. The van der Waals surface area contributed by atoms with Crippen molar-refractivity contribution in [3.8, 4) is 0 Å². The van der Waals surface area contributed by atoms with E-state index in [4.69, 9.17) is 0 Å². The molecule has 0 fully saturated rings. The van der Waals surface area contributed by atoms with Gasteiger partial charge < -0.3 is 9.88 Å². The lowest BCUT2D eigenvalue weighted by molar-refractivity contribution is 0.451. The SMILES string of the molecule is CNc1ncc(Br)cc1S(=O)(=O)N(C)Cc1nccn1C. The van der Waals surface area contributed by atoms with E-state index in [-0.39, 0.29) is 11.4 Å². The molecular weight excluding hydrogens is 358 g/mol. The maximum absolute atomic E-state index is 12.7. The normalized spacial score (nSPS) is 11.9. The van der Waals surface area contributed by atoms with E-state index < -0.39 is 10.0 Å². The van der Waals surface area contributed by atoms with Crippen LogP contribution in [0.3, 0.4) is 0 Å². The number of imidazole rings is 1. The molecule has 1 N–H and O–H groups in total. The van der Waals surface area contributed by atoms with E-state index in [1.54, 1.807) is 30.2 Å². The number of rotatable bonds is 5. The zero-order chi connectivity index (χ0) is 15.6. The third kappa shape index (κ3) is 3.25. The summed E-state index contributed by atoms with van der Waals surface area (Å²) >= 11 is 3.25. The van der Waals surface area contributed by atoms with Gasteiger partial charge in [0.05, 0.1) is 6.54 Å². The molecule has 7 nitrogen and oxygen atoms in total. The van der Waals surface area contributed by atoms with Crippen LogP contribution < -0.4 is 5.32 Å². The molecule has 2 aromatic rings. The van der Waals surface area contributed by atoms with Crippen molar-refractivity contribution in [1.29, 1.82) is 0 Å². The largest absolute Gasteiger partial charge is 0.372 e. The van der Waals surface area contributed by atoms with Crippen LogP contribution in [0.25, 0.3) is 0 Å². The maximum atomic E-state index is 12.7. The lowest BCUT2D eigenvalue weighted by Gasteiger charge is -2.18. The molecule has 0 spiro atoms. The zero-order valence-electron chi connectivity index (χ0n) is 11.9. The van der Waals surface area contributed by atoms with E-state index >= 15 is 0 Å². The third-order valence-electron chi connectivity index (χ3n) is 3.03. The minimum absolute atomic E-state index is 0.121. The first kappa shape index (κ1) is 15.9. The Labute approximate surface area is 132 Å². The van der Waals surface area contributed by atoms with Crippen molar-refractivity contribution in [3.63, 3.8) is 0 Å². The number of nitrogens with one attached hydrogen (secondary N) is 1. The second kappa shape index (κ2) is 6.12. The van der Waals surface area contributed by atoms with Gasteiger partial charge in [-0.1, -0.05) is 0 Å². The van der Waals surface area contributed by atoms with E-state index in [0.717, 1.165) is 0 Å². The maximum Gasteiger partial charge on any atom is 0.246 e. The Balaban J connectivity index is 2.37. The van der Waals surface area contributed by atoms with Crippen molar-refractivity contribution < 1.29 is 8.42 Å². The number of sulfonamides is 1. The molecule has 0 saturated carbocycles. The van der Waals surface area contributed by atoms with Crippen LogP contribution in [0.5, 0.6) is 0 Å². The quantitative estimate of drug-likeness (QED) is 0.857. The van der Waals surface area contributed by atoms with Crippen molar-refractivity contribution in [2.24, 2.45) is 7.05 Å². The number of aryl methyl sites for hydroxylation is 1. The Morgan fingerprint density at radius 1 is 1.43 bits per heavy atom. The summed E-state index contributed by atoms with van der Waals surface area (Å²) in [6.45, 7) is 0.182. The highest BCUT2D eigenvalue weighted by Gasteiger charge is 2.26. The van der Waals surface area contributed by atoms with Crippen molar-refractivity contribution in [1.82, 2.24) is 18.8 Å². The molecular formula is C12H16BrN5O2S. The number of anilines is 1. The predicted molar refractivity (Wildman–Crippen MR) is 83.3 cm³/mol. The van der Waals surface area contributed by atoms with Gasteiger partial charge in [-0.05, 0) is 22.0 Å². The fourth-order valence-electron chi connectivity index (χ4n) is 1.81. The molecule has 0 aliphatic heterocycles. The number of hydrogen-bond acceptors (Lipinski definition) is 5. The molecule has 0 radical (unpaired) electrons. The second-order valence-electron chi connectivity index (χ2n) is 4.47. The minimum atomic E-state index is -3.67. The number of nitrogens with zero attached hydrogens (tertiary/aromatic N) is 4. The summed E-state index contributed by atoms with van der Waals surface area (Å²) in [6.07, 6.45) is 4.95. The van der Waals surface area contributed by atoms with E-state index in [1.807, 2.05) is 7.05 Å². The highest BCUT2D eigenvalue weighted by Crippen LogP contribution is 2.25. The molecule has 2 aromatic heterocycles. The molecule has 0 unspecified atom stereocenters. The molecule has 114 valence electrons. The van der Waals surface area contributed by atoms with Gasteiger partial charge in [-0.2, -0.15) is 4.31 Å². The van der Waals surface area contributed by atoms with Crippen LogP contribution in [0, 0.1) is 0 Å². The zero-order valence-corrected chi connectivity index (χ0v) is 14.3. The monoisotopic (exact) mass is 373 g/mol. The Morgan fingerprint density at radius 3 is 2.71 bits per heavy atom. The van der Waals surface area contributed by atoms with E-state index in [1.165, 1.54) is 17.4 Å².